The summed E-state index contributed by atoms with van der Waals surface area (Å²) in [5, 5.41) is 14.1. The van der Waals surface area contributed by atoms with Gasteiger partial charge in [-0.25, -0.2) is 4.79 Å². The number of aromatic nitrogens is 4. The number of rotatable bonds is 10. The number of amides is 1. The van der Waals surface area contributed by atoms with E-state index in [-0.39, 0.29) is 35.5 Å². The fraction of sp³-hybridized carbons (Fsp3) is 0.286. The molecule has 0 aliphatic carbocycles. The number of carbonyl (C=O) groups is 2. The standard InChI is InChI=1S/C28H30N4O2.C19H24N2.C9H8N2O3/c1-19-18-32(28(33)24-16-23-14-15-29-26(23)30-27(24)34-3)20(2)17-31(19)25(21-10-6-4-7-11-21)22-12-8-5-9-13-22;1-15-14-21(16(2)13-20-15)19(17-9-5-3-6-10-17)18-11-7-4-8-12-18;1-14-8-6(9(12)13)4-5-2-3-10-7(5)11-8/h4-16,19-20,25H,17-18H2,1-3H3,(H,29,30);3-12,15-16,19-20H,13-14H2,1-2H3;2-4H,1H3,(H,10,11)(H,12,13)/t19-,20+;15-,16+;/m01./s1. The second kappa shape index (κ2) is 22.2. The Morgan fingerprint density at radius 3 is 1.42 bits per heavy atom. The lowest BCUT2D eigenvalue weighted by Gasteiger charge is -2.47. The quantitative estimate of drug-likeness (QED) is 0.104. The monoisotopic (exact) mass is 926 g/mol. The zero-order valence-corrected chi connectivity index (χ0v) is 40.1. The first-order chi connectivity index (χ1) is 33.5. The SMILES string of the molecule is COc1nc2[nH]ccc2cc1C(=O)N1C[C@H](C)N(C(c2ccccc2)c2ccccc2)C[C@H]1C.COc1nc2[nH]ccc2cc1C(=O)O.C[C@@H]1CN(C(c2ccccc2)c2ccccc2)[C@@H](C)CN1. The number of nitrogens with zero attached hydrogens (tertiary/aromatic N) is 5. The van der Waals surface area contributed by atoms with Crippen molar-refractivity contribution in [1.29, 1.82) is 0 Å². The summed E-state index contributed by atoms with van der Waals surface area (Å²) in [6, 6.07) is 51.8. The van der Waals surface area contributed by atoms with E-state index in [1.165, 1.54) is 35.4 Å². The fourth-order valence-electron chi connectivity index (χ4n) is 9.60. The van der Waals surface area contributed by atoms with Gasteiger partial charge in [0.2, 0.25) is 11.8 Å². The summed E-state index contributed by atoms with van der Waals surface area (Å²) in [5.41, 5.74) is 7.19. The van der Waals surface area contributed by atoms with Crippen LogP contribution in [0.2, 0.25) is 0 Å². The highest BCUT2D eigenvalue weighted by Gasteiger charge is 2.38. The van der Waals surface area contributed by atoms with Gasteiger partial charge in [-0.3, -0.25) is 14.6 Å². The third kappa shape index (κ3) is 11.0. The maximum atomic E-state index is 13.7. The number of pyridine rings is 2. The number of benzene rings is 4. The lowest BCUT2D eigenvalue weighted by Crippen LogP contribution is -2.58. The number of nitrogens with one attached hydrogen (secondary N) is 3. The minimum absolute atomic E-state index is 0.0326. The topological polar surface area (TPSA) is 152 Å². The van der Waals surface area contributed by atoms with E-state index in [4.69, 9.17) is 14.6 Å². The first-order valence-electron chi connectivity index (χ1n) is 23.6. The molecule has 4 aromatic heterocycles. The van der Waals surface area contributed by atoms with Gasteiger partial charge < -0.3 is 34.8 Å². The van der Waals surface area contributed by atoms with E-state index in [1.807, 2.05) is 23.2 Å². The Balaban J connectivity index is 0.000000155. The van der Waals surface area contributed by atoms with Crippen LogP contribution in [-0.2, 0) is 0 Å². The van der Waals surface area contributed by atoms with Gasteiger partial charge in [0.05, 0.1) is 26.3 Å². The van der Waals surface area contributed by atoms with Crippen LogP contribution in [0.3, 0.4) is 0 Å². The van der Waals surface area contributed by atoms with Crippen LogP contribution in [0.15, 0.2) is 158 Å². The van der Waals surface area contributed by atoms with Crippen LogP contribution in [0, 0.1) is 0 Å². The summed E-state index contributed by atoms with van der Waals surface area (Å²) < 4.78 is 10.4. The number of methoxy groups -OCH3 is 2. The Labute approximate surface area is 404 Å². The molecule has 69 heavy (non-hydrogen) atoms. The Hall–Kier alpha value is -7.32. The summed E-state index contributed by atoms with van der Waals surface area (Å²) in [4.78, 5) is 46.1. The highest BCUT2D eigenvalue weighted by molar-refractivity contribution is 6.00. The summed E-state index contributed by atoms with van der Waals surface area (Å²) >= 11 is 0. The number of aromatic carboxylic acids is 1. The number of hydrogen-bond donors (Lipinski definition) is 4. The van der Waals surface area contributed by atoms with Crippen molar-refractivity contribution in [2.75, 3.05) is 40.4 Å². The molecular formula is C56H62N8O5. The van der Waals surface area contributed by atoms with E-state index in [0.717, 1.165) is 30.4 Å². The van der Waals surface area contributed by atoms with Crippen LogP contribution >= 0.6 is 0 Å². The molecule has 13 nitrogen and oxygen atoms in total. The van der Waals surface area contributed by atoms with Gasteiger partial charge in [0, 0.05) is 73.5 Å². The highest BCUT2D eigenvalue weighted by Crippen LogP contribution is 2.35. The van der Waals surface area contributed by atoms with Crippen LogP contribution in [0.1, 0.15) is 82.7 Å². The van der Waals surface area contributed by atoms with E-state index in [9.17, 15) is 9.59 Å². The number of carboxylic acid groups (broad SMARTS) is 1. The zero-order chi connectivity index (χ0) is 48.4. The largest absolute Gasteiger partial charge is 0.480 e. The number of carboxylic acids is 1. The molecule has 1 amide bonds. The number of ether oxygens (including phenoxy) is 2. The van der Waals surface area contributed by atoms with Gasteiger partial charge in [-0.1, -0.05) is 121 Å². The second-order valence-electron chi connectivity index (χ2n) is 17.9. The van der Waals surface area contributed by atoms with E-state index in [1.54, 1.807) is 19.4 Å². The van der Waals surface area contributed by atoms with Crippen molar-refractivity contribution in [1.82, 2.24) is 40.0 Å². The van der Waals surface area contributed by atoms with Crippen LogP contribution in [0.5, 0.6) is 11.8 Å². The van der Waals surface area contributed by atoms with E-state index in [2.05, 4.69) is 184 Å². The van der Waals surface area contributed by atoms with Gasteiger partial charge in [-0.2, -0.15) is 9.97 Å². The molecule has 2 aliphatic rings. The van der Waals surface area contributed by atoms with Gasteiger partial charge in [0.25, 0.3) is 5.91 Å². The van der Waals surface area contributed by atoms with Crippen molar-refractivity contribution >= 4 is 33.9 Å². The van der Waals surface area contributed by atoms with Crippen LogP contribution < -0.4 is 14.8 Å². The third-order valence-electron chi connectivity index (χ3n) is 13.1. The molecule has 356 valence electrons. The number of H-pyrrole nitrogens is 2. The Bertz CT molecular complexity index is 2830. The third-order valence-corrected chi connectivity index (χ3v) is 13.1. The van der Waals surface area contributed by atoms with Crippen molar-refractivity contribution < 1.29 is 24.2 Å². The number of carbonyl (C=O) groups excluding carboxylic acids is 1. The zero-order valence-electron chi connectivity index (χ0n) is 40.1. The number of piperazine rings is 2. The summed E-state index contributed by atoms with van der Waals surface area (Å²) in [5.74, 6) is -0.610. The van der Waals surface area contributed by atoms with E-state index in [0.29, 0.717) is 47.4 Å². The molecule has 0 radical (unpaired) electrons. The van der Waals surface area contributed by atoms with Crippen LogP contribution in [0.4, 0.5) is 0 Å². The van der Waals surface area contributed by atoms with Crippen LogP contribution in [-0.4, -0.2) is 116 Å². The Morgan fingerprint density at radius 1 is 0.565 bits per heavy atom. The summed E-state index contributed by atoms with van der Waals surface area (Å²) in [6.07, 6.45) is 3.52. The van der Waals surface area contributed by atoms with E-state index < -0.39 is 5.97 Å². The second-order valence-corrected chi connectivity index (χ2v) is 17.9. The number of hydrogen-bond acceptors (Lipinski definition) is 9. The smallest absolute Gasteiger partial charge is 0.341 e. The first kappa shape index (κ1) is 48.1. The molecular weight excluding hydrogens is 865 g/mol. The molecule has 8 aromatic rings. The molecule has 13 heteroatoms. The van der Waals surface area contributed by atoms with Gasteiger partial charge in [0.15, 0.2) is 0 Å². The summed E-state index contributed by atoms with van der Waals surface area (Å²) in [7, 11) is 2.95. The molecule has 0 saturated carbocycles. The van der Waals surface area contributed by atoms with Crippen molar-refractivity contribution in [3.63, 3.8) is 0 Å². The minimum Gasteiger partial charge on any atom is -0.480 e. The lowest BCUT2D eigenvalue weighted by atomic mass is 9.93. The molecule has 10 rings (SSSR count). The van der Waals surface area contributed by atoms with Crippen molar-refractivity contribution in [3.8, 4) is 11.8 Å². The molecule has 2 fully saturated rings. The predicted octanol–water partition coefficient (Wildman–Crippen LogP) is 9.62. The number of fused-ring (bicyclic) bond motifs is 2. The van der Waals surface area contributed by atoms with Gasteiger partial charge in [0.1, 0.15) is 22.4 Å². The average Bonchev–Trinajstić information content (AvgIpc) is 4.06. The Kier molecular flexibility index (Phi) is 15.5. The Morgan fingerprint density at radius 2 is 0.986 bits per heavy atom. The highest BCUT2D eigenvalue weighted by atomic mass is 16.5. The van der Waals surface area contributed by atoms with E-state index >= 15 is 0 Å². The summed E-state index contributed by atoms with van der Waals surface area (Å²) in [6.45, 7) is 12.4. The number of aromatic amines is 2. The normalized spacial score (nSPS) is 18.6. The molecule has 4 atom stereocenters. The molecule has 2 saturated heterocycles. The maximum Gasteiger partial charge on any atom is 0.341 e. The van der Waals surface area contributed by atoms with Gasteiger partial charge >= 0.3 is 5.97 Å². The average molecular weight is 927 g/mol. The maximum absolute atomic E-state index is 13.7. The molecule has 0 bridgehead atoms. The molecule has 4 aromatic carbocycles. The van der Waals surface area contributed by atoms with Crippen LogP contribution in [0.25, 0.3) is 22.1 Å². The molecule has 6 heterocycles. The lowest BCUT2D eigenvalue weighted by molar-refractivity contribution is 0.0207. The van der Waals surface area contributed by atoms with Gasteiger partial charge in [-0.05, 0) is 74.2 Å². The first-order valence-corrected chi connectivity index (χ1v) is 23.6. The van der Waals surface area contributed by atoms with Crippen molar-refractivity contribution in [3.05, 3.63) is 191 Å². The van der Waals surface area contributed by atoms with Crippen molar-refractivity contribution in [2.45, 2.75) is 63.9 Å². The molecule has 0 spiro atoms. The molecule has 2 aliphatic heterocycles. The minimum atomic E-state index is -1.04. The van der Waals surface area contributed by atoms with Crippen molar-refractivity contribution in [2.24, 2.45) is 0 Å². The molecule has 4 N–H and O–H groups in total. The van der Waals surface area contributed by atoms with Gasteiger partial charge in [-0.15, -0.1) is 0 Å². The predicted molar refractivity (Wildman–Crippen MR) is 272 cm³/mol. The molecule has 0 unspecified atom stereocenters. The fourth-order valence-corrected chi connectivity index (χ4v) is 9.60.